The van der Waals surface area contributed by atoms with Crippen molar-refractivity contribution in [1.82, 2.24) is 0 Å². The quantitative estimate of drug-likeness (QED) is 0.502. The van der Waals surface area contributed by atoms with Gasteiger partial charge in [-0.25, -0.2) is 8.42 Å². The van der Waals surface area contributed by atoms with Gasteiger partial charge in [0.15, 0.2) is 0 Å². The molecule has 5 heteroatoms. The van der Waals surface area contributed by atoms with Crippen LogP contribution in [0.3, 0.4) is 0 Å². The topological polar surface area (TPSA) is 46.2 Å². The number of sulfonamides is 1. The predicted octanol–water partition coefficient (Wildman–Crippen LogP) is 6.54. The van der Waals surface area contributed by atoms with Crippen LogP contribution in [0.4, 0.5) is 5.69 Å². The SMILES string of the molecule is C=C/C=C(C)\C(=C/C)SC(=C)c1cccc(NS(=O)(=O)c2cccc(C)c2)c1. The highest BCUT2D eigenvalue weighted by Crippen LogP contribution is 2.36. The summed E-state index contributed by atoms with van der Waals surface area (Å²) in [4.78, 5) is 2.16. The molecule has 0 aromatic heterocycles. The van der Waals surface area contributed by atoms with Crippen molar-refractivity contribution in [3.63, 3.8) is 0 Å². The zero-order valence-electron chi connectivity index (χ0n) is 16.4. The average Bonchev–Trinajstić information content (AvgIpc) is 2.66. The zero-order chi connectivity index (χ0) is 20.7. The average molecular weight is 412 g/mol. The van der Waals surface area contributed by atoms with Crippen LogP contribution in [0, 0.1) is 6.92 Å². The van der Waals surface area contributed by atoms with E-state index in [0.29, 0.717) is 5.69 Å². The van der Waals surface area contributed by atoms with E-state index in [2.05, 4.69) is 17.9 Å². The third-order valence-corrected chi connectivity index (χ3v) is 6.63. The second-order valence-corrected chi connectivity index (χ2v) is 9.09. The van der Waals surface area contributed by atoms with Crippen LogP contribution < -0.4 is 4.72 Å². The van der Waals surface area contributed by atoms with Crippen LogP contribution in [-0.4, -0.2) is 8.42 Å². The van der Waals surface area contributed by atoms with Gasteiger partial charge in [0.05, 0.1) is 4.90 Å². The van der Waals surface area contributed by atoms with Gasteiger partial charge in [-0.1, -0.05) is 67.4 Å². The van der Waals surface area contributed by atoms with Crippen LogP contribution in [-0.2, 0) is 10.0 Å². The second-order valence-electron chi connectivity index (χ2n) is 6.27. The molecule has 0 heterocycles. The van der Waals surface area contributed by atoms with Crippen molar-refractivity contribution in [2.75, 3.05) is 4.72 Å². The summed E-state index contributed by atoms with van der Waals surface area (Å²) in [6, 6.07) is 14.1. The van der Waals surface area contributed by atoms with Crippen molar-refractivity contribution in [2.24, 2.45) is 0 Å². The molecule has 0 atom stereocenters. The van der Waals surface area contributed by atoms with Crippen LogP contribution in [0.25, 0.3) is 4.91 Å². The molecule has 146 valence electrons. The van der Waals surface area contributed by atoms with E-state index in [-0.39, 0.29) is 4.90 Å². The molecule has 0 aliphatic heterocycles. The molecule has 2 rings (SSSR count). The Morgan fingerprint density at radius 3 is 2.50 bits per heavy atom. The third-order valence-electron chi connectivity index (χ3n) is 3.99. The number of anilines is 1. The second kappa shape index (κ2) is 9.62. The van der Waals surface area contributed by atoms with Crippen LogP contribution >= 0.6 is 11.8 Å². The molecule has 28 heavy (non-hydrogen) atoms. The van der Waals surface area contributed by atoms with E-state index in [1.807, 2.05) is 51.1 Å². The largest absolute Gasteiger partial charge is 0.280 e. The first-order valence-electron chi connectivity index (χ1n) is 8.79. The van der Waals surface area contributed by atoms with Crippen molar-refractivity contribution < 1.29 is 8.42 Å². The maximum absolute atomic E-state index is 12.7. The highest BCUT2D eigenvalue weighted by molar-refractivity contribution is 8.12. The molecule has 0 fully saturated rings. The number of rotatable bonds is 8. The number of allylic oxidation sites excluding steroid dienone is 4. The standard InChI is InChI=1S/C23H25NO2S2/c1-6-10-18(4)23(7-2)27-19(5)20-12-9-13-21(16-20)24-28(25,26)22-14-8-11-17(3)15-22/h6-16,24H,1,5H2,2-4H3/b18-10-,23-7+. The maximum Gasteiger partial charge on any atom is 0.261 e. The maximum atomic E-state index is 12.7. The number of hydrogen-bond acceptors (Lipinski definition) is 3. The zero-order valence-corrected chi connectivity index (χ0v) is 18.0. The van der Waals surface area contributed by atoms with E-state index in [4.69, 9.17) is 0 Å². The first kappa shape index (κ1) is 21.8. The molecule has 2 aromatic rings. The Bertz CT molecular complexity index is 1050. The van der Waals surface area contributed by atoms with Gasteiger partial charge in [-0.2, -0.15) is 0 Å². The molecule has 0 saturated carbocycles. The number of nitrogens with one attached hydrogen (secondary N) is 1. The predicted molar refractivity (Wildman–Crippen MR) is 123 cm³/mol. The molecule has 1 N–H and O–H groups in total. The van der Waals surface area contributed by atoms with Crippen LogP contribution in [0.1, 0.15) is 25.0 Å². The Morgan fingerprint density at radius 1 is 1.14 bits per heavy atom. The molecule has 0 aliphatic carbocycles. The monoisotopic (exact) mass is 411 g/mol. The van der Waals surface area contributed by atoms with Crippen molar-refractivity contribution in [2.45, 2.75) is 25.7 Å². The minimum Gasteiger partial charge on any atom is -0.280 e. The summed E-state index contributed by atoms with van der Waals surface area (Å²) in [6.07, 6.45) is 5.72. The fourth-order valence-electron chi connectivity index (χ4n) is 2.57. The Balaban J connectivity index is 2.23. The molecule has 3 nitrogen and oxygen atoms in total. The van der Waals surface area contributed by atoms with Gasteiger partial charge in [0.25, 0.3) is 10.0 Å². The van der Waals surface area contributed by atoms with Gasteiger partial charge in [-0.05, 0) is 61.7 Å². The summed E-state index contributed by atoms with van der Waals surface area (Å²) in [5.74, 6) is 0. The minimum absolute atomic E-state index is 0.243. The van der Waals surface area contributed by atoms with Gasteiger partial charge >= 0.3 is 0 Å². The van der Waals surface area contributed by atoms with E-state index in [9.17, 15) is 8.42 Å². The van der Waals surface area contributed by atoms with Gasteiger partial charge < -0.3 is 0 Å². The van der Waals surface area contributed by atoms with E-state index in [1.165, 1.54) is 0 Å². The van der Waals surface area contributed by atoms with Gasteiger partial charge in [0, 0.05) is 15.5 Å². The molecule has 0 bridgehead atoms. The van der Waals surface area contributed by atoms with Crippen LogP contribution in [0.5, 0.6) is 0 Å². The number of aryl methyl sites for hydroxylation is 1. The molecule has 0 aliphatic rings. The lowest BCUT2D eigenvalue weighted by Crippen LogP contribution is -2.13. The van der Waals surface area contributed by atoms with E-state index in [0.717, 1.165) is 26.5 Å². The van der Waals surface area contributed by atoms with Crippen molar-refractivity contribution in [3.05, 3.63) is 102 Å². The first-order chi connectivity index (χ1) is 13.3. The third kappa shape index (κ3) is 5.75. The highest BCUT2D eigenvalue weighted by Gasteiger charge is 2.15. The van der Waals surface area contributed by atoms with Gasteiger partial charge in [-0.3, -0.25) is 4.72 Å². The molecule has 2 aromatic carbocycles. The van der Waals surface area contributed by atoms with Crippen LogP contribution in [0.15, 0.2) is 95.3 Å². The summed E-state index contributed by atoms with van der Waals surface area (Å²) in [5, 5.41) is 0. The van der Waals surface area contributed by atoms with Gasteiger partial charge in [-0.15, -0.1) is 0 Å². The molecule has 0 unspecified atom stereocenters. The highest BCUT2D eigenvalue weighted by atomic mass is 32.2. The normalized spacial score (nSPS) is 12.5. The summed E-state index contributed by atoms with van der Waals surface area (Å²) in [7, 11) is -3.64. The Hall–Kier alpha value is -2.50. The molecule has 0 spiro atoms. The lowest BCUT2D eigenvalue weighted by Gasteiger charge is -2.13. The van der Waals surface area contributed by atoms with E-state index in [1.54, 1.807) is 48.2 Å². The Labute approximate surface area is 172 Å². The molecule has 0 radical (unpaired) electrons. The first-order valence-corrected chi connectivity index (χ1v) is 11.1. The van der Waals surface area contributed by atoms with Crippen molar-refractivity contribution in [3.8, 4) is 0 Å². The van der Waals surface area contributed by atoms with E-state index < -0.39 is 10.0 Å². The smallest absolute Gasteiger partial charge is 0.261 e. The fraction of sp³-hybridized carbons (Fsp3) is 0.130. The summed E-state index contributed by atoms with van der Waals surface area (Å²) >= 11 is 1.54. The Morgan fingerprint density at radius 2 is 1.86 bits per heavy atom. The van der Waals surface area contributed by atoms with Crippen molar-refractivity contribution in [1.29, 1.82) is 0 Å². The van der Waals surface area contributed by atoms with E-state index >= 15 is 0 Å². The molecule has 0 amide bonds. The fourth-order valence-corrected chi connectivity index (χ4v) is 4.58. The summed E-state index contributed by atoms with van der Waals surface area (Å²) in [6.45, 7) is 13.7. The number of benzene rings is 2. The number of hydrogen-bond donors (Lipinski definition) is 1. The van der Waals surface area contributed by atoms with Crippen LogP contribution in [0.2, 0.25) is 0 Å². The Kier molecular flexibility index (Phi) is 7.49. The molecule has 0 saturated heterocycles. The summed E-state index contributed by atoms with van der Waals surface area (Å²) < 4.78 is 28.0. The van der Waals surface area contributed by atoms with Gasteiger partial charge in [0.1, 0.15) is 0 Å². The summed E-state index contributed by atoms with van der Waals surface area (Å²) in [5.41, 5.74) is 3.35. The lowest BCUT2D eigenvalue weighted by atomic mass is 10.2. The van der Waals surface area contributed by atoms with Gasteiger partial charge in [0.2, 0.25) is 0 Å². The minimum atomic E-state index is -3.64. The van der Waals surface area contributed by atoms with Crippen molar-refractivity contribution >= 4 is 32.4 Å². The lowest BCUT2D eigenvalue weighted by molar-refractivity contribution is 0.601. The molecular formula is C23H25NO2S2. The molecular weight excluding hydrogens is 386 g/mol. The number of thioether (sulfide) groups is 1.